The topological polar surface area (TPSA) is 9.23 Å². The summed E-state index contributed by atoms with van der Waals surface area (Å²) in [5.41, 5.74) is -0.361. The van der Waals surface area contributed by atoms with Gasteiger partial charge in [0.2, 0.25) is 0 Å². The van der Waals surface area contributed by atoms with Gasteiger partial charge in [0.1, 0.15) is 5.60 Å². The molecule has 16 heavy (non-hydrogen) atoms. The lowest BCUT2D eigenvalue weighted by atomic mass is 9.67. The van der Waals surface area contributed by atoms with Crippen molar-refractivity contribution in [1.29, 1.82) is 0 Å². The minimum absolute atomic E-state index is 0.361. The third kappa shape index (κ3) is 2.68. The normalized spacial score (nSPS) is 34.7. The standard InChI is InChI=1S/C15H24O/c1-6-10-16-15(7-2)11-13(5)8-9-14(15)12(3)4/h2,6,12-14H,1,8-11H2,3-5H3/t13-,14+,15?/m1/s1. The predicted molar refractivity (Wildman–Crippen MR) is 69.1 cm³/mol. The van der Waals surface area contributed by atoms with Crippen LogP contribution >= 0.6 is 0 Å². The Morgan fingerprint density at radius 3 is 2.75 bits per heavy atom. The van der Waals surface area contributed by atoms with Gasteiger partial charge in [-0.25, -0.2) is 0 Å². The summed E-state index contributed by atoms with van der Waals surface area (Å²) >= 11 is 0. The molecule has 0 spiro atoms. The highest BCUT2D eigenvalue weighted by atomic mass is 16.5. The number of hydrogen-bond donors (Lipinski definition) is 0. The molecule has 1 unspecified atom stereocenters. The Hall–Kier alpha value is -0.740. The van der Waals surface area contributed by atoms with Gasteiger partial charge in [0.15, 0.2) is 0 Å². The lowest BCUT2D eigenvalue weighted by molar-refractivity contribution is -0.0801. The van der Waals surface area contributed by atoms with Crippen molar-refractivity contribution in [2.45, 2.75) is 45.6 Å². The Balaban J connectivity index is 2.88. The van der Waals surface area contributed by atoms with E-state index in [1.165, 1.54) is 12.8 Å². The van der Waals surface area contributed by atoms with Gasteiger partial charge in [-0.3, -0.25) is 0 Å². The minimum Gasteiger partial charge on any atom is -0.358 e. The van der Waals surface area contributed by atoms with Crippen molar-refractivity contribution in [2.24, 2.45) is 17.8 Å². The highest BCUT2D eigenvalue weighted by molar-refractivity contribution is 5.15. The van der Waals surface area contributed by atoms with Crippen LogP contribution in [0.3, 0.4) is 0 Å². The molecule has 0 saturated heterocycles. The van der Waals surface area contributed by atoms with E-state index >= 15 is 0 Å². The first kappa shape index (κ1) is 13.3. The average molecular weight is 220 g/mol. The monoisotopic (exact) mass is 220 g/mol. The summed E-state index contributed by atoms with van der Waals surface area (Å²) in [6.45, 7) is 11.0. The van der Waals surface area contributed by atoms with Gasteiger partial charge in [-0.05, 0) is 24.7 Å². The molecule has 0 aromatic rings. The molecule has 0 amide bonds. The Bertz CT molecular complexity index is 274. The maximum atomic E-state index is 5.96. The zero-order valence-electron chi connectivity index (χ0n) is 10.8. The molecule has 1 fully saturated rings. The predicted octanol–water partition coefficient (Wildman–Crippen LogP) is 3.65. The van der Waals surface area contributed by atoms with E-state index in [4.69, 9.17) is 11.2 Å². The summed E-state index contributed by atoms with van der Waals surface area (Å²) in [5.74, 6) is 4.66. The van der Waals surface area contributed by atoms with E-state index in [0.717, 1.165) is 6.42 Å². The number of ether oxygens (including phenoxy) is 1. The van der Waals surface area contributed by atoms with E-state index in [1.807, 2.05) is 0 Å². The molecule has 0 radical (unpaired) electrons. The lowest BCUT2D eigenvalue weighted by Crippen LogP contribution is -2.46. The molecule has 90 valence electrons. The van der Waals surface area contributed by atoms with E-state index in [1.54, 1.807) is 6.08 Å². The molecule has 0 N–H and O–H groups in total. The van der Waals surface area contributed by atoms with Crippen LogP contribution in [0.25, 0.3) is 0 Å². The first-order valence-electron chi connectivity index (χ1n) is 6.28. The highest BCUT2D eigenvalue weighted by Gasteiger charge is 2.43. The number of hydrogen-bond acceptors (Lipinski definition) is 1. The van der Waals surface area contributed by atoms with Crippen LogP contribution in [-0.2, 0) is 4.74 Å². The van der Waals surface area contributed by atoms with Crippen LogP contribution in [0.15, 0.2) is 12.7 Å². The van der Waals surface area contributed by atoms with Gasteiger partial charge in [-0.1, -0.05) is 39.2 Å². The summed E-state index contributed by atoms with van der Waals surface area (Å²) in [6.07, 6.45) is 11.0. The molecule has 0 bridgehead atoms. The summed E-state index contributed by atoms with van der Waals surface area (Å²) in [5, 5.41) is 0. The lowest BCUT2D eigenvalue weighted by Gasteiger charge is -2.44. The summed E-state index contributed by atoms with van der Waals surface area (Å²) in [4.78, 5) is 0. The van der Waals surface area contributed by atoms with Gasteiger partial charge < -0.3 is 4.74 Å². The second kappa shape index (κ2) is 5.55. The molecular weight excluding hydrogens is 196 g/mol. The van der Waals surface area contributed by atoms with Crippen LogP contribution in [0.1, 0.15) is 40.0 Å². The highest BCUT2D eigenvalue weighted by Crippen LogP contribution is 2.43. The van der Waals surface area contributed by atoms with Crippen LogP contribution in [-0.4, -0.2) is 12.2 Å². The van der Waals surface area contributed by atoms with Crippen LogP contribution < -0.4 is 0 Å². The molecule has 1 aliphatic rings. The van der Waals surface area contributed by atoms with Crippen molar-refractivity contribution in [1.82, 2.24) is 0 Å². The molecule has 0 aromatic heterocycles. The fourth-order valence-corrected chi connectivity index (χ4v) is 2.92. The van der Waals surface area contributed by atoms with Gasteiger partial charge in [0.25, 0.3) is 0 Å². The van der Waals surface area contributed by atoms with Crippen molar-refractivity contribution < 1.29 is 4.74 Å². The van der Waals surface area contributed by atoms with Crippen molar-refractivity contribution in [2.75, 3.05) is 6.61 Å². The van der Waals surface area contributed by atoms with Crippen molar-refractivity contribution in [3.63, 3.8) is 0 Å². The van der Waals surface area contributed by atoms with E-state index in [9.17, 15) is 0 Å². The van der Waals surface area contributed by atoms with Gasteiger partial charge >= 0.3 is 0 Å². The van der Waals surface area contributed by atoms with Gasteiger partial charge in [-0.2, -0.15) is 0 Å². The van der Waals surface area contributed by atoms with E-state index in [-0.39, 0.29) is 5.60 Å². The fraction of sp³-hybridized carbons (Fsp3) is 0.733. The molecule has 3 atom stereocenters. The second-order valence-electron chi connectivity index (χ2n) is 5.37. The maximum Gasteiger partial charge on any atom is 0.132 e. The quantitative estimate of drug-likeness (QED) is 0.519. The zero-order valence-corrected chi connectivity index (χ0v) is 10.8. The smallest absolute Gasteiger partial charge is 0.132 e. The second-order valence-corrected chi connectivity index (χ2v) is 5.37. The number of terminal acetylenes is 1. The molecular formula is C15H24O. The average Bonchev–Trinajstić information content (AvgIpc) is 2.25. The van der Waals surface area contributed by atoms with Gasteiger partial charge in [0, 0.05) is 5.92 Å². The van der Waals surface area contributed by atoms with Crippen molar-refractivity contribution >= 4 is 0 Å². The SMILES string of the molecule is C#CC1(OCC=C)C[C@H](C)CC[C@H]1C(C)C. The molecule has 1 saturated carbocycles. The Labute approximate surface area is 100 Å². The molecule has 1 nitrogen and oxygen atoms in total. The third-order valence-electron chi connectivity index (χ3n) is 3.73. The van der Waals surface area contributed by atoms with Crippen LogP contribution in [0.4, 0.5) is 0 Å². The summed E-state index contributed by atoms with van der Waals surface area (Å²) in [7, 11) is 0. The summed E-state index contributed by atoms with van der Waals surface area (Å²) in [6, 6.07) is 0. The van der Waals surface area contributed by atoms with Crippen LogP contribution in [0, 0.1) is 30.1 Å². The van der Waals surface area contributed by atoms with E-state index in [2.05, 4.69) is 33.3 Å². The Morgan fingerprint density at radius 1 is 1.56 bits per heavy atom. The summed E-state index contributed by atoms with van der Waals surface area (Å²) < 4.78 is 5.96. The fourth-order valence-electron chi connectivity index (χ4n) is 2.92. The van der Waals surface area contributed by atoms with Gasteiger partial charge in [0.05, 0.1) is 6.61 Å². The maximum absolute atomic E-state index is 5.96. The molecule has 1 heteroatoms. The molecule has 1 aliphatic carbocycles. The van der Waals surface area contributed by atoms with Gasteiger partial charge in [-0.15, -0.1) is 13.0 Å². The molecule has 1 rings (SSSR count). The Morgan fingerprint density at radius 2 is 2.25 bits per heavy atom. The first-order chi connectivity index (χ1) is 7.55. The molecule has 0 heterocycles. The van der Waals surface area contributed by atoms with E-state index < -0.39 is 0 Å². The molecule has 0 aromatic carbocycles. The third-order valence-corrected chi connectivity index (χ3v) is 3.73. The minimum atomic E-state index is -0.361. The van der Waals surface area contributed by atoms with Crippen molar-refractivity contribution in [3.05, 3.63) is 12.7 Å². The molecule has 0 aliphatic heterocycles. The number of rotatable bonds is 4. The zero-order chi connectivity index (χ0) is 12.2. The largest absolute Gasteiger partial charge is 0.358 e. The van der Waals surface area contributed by atoms with Crippen molar-refractivity contribution in [3.8, 4) is 12.3 Å². The van der Waals surface area contributed by atoms with E-state index in [0.29, 0.717) is 24.4 Å². The first-order valence-corrected chi connectivity index (χ1v) is 6.28. The van der Waals surface area contributed by atoms with Crippen LogP contribution in [0.5, 0.6) is 0 Å². The Kier molecular flexibility index (Phi) is 4.62. The van der Waals surface area contributed by atoms with Crippen LogP contribution in [0.2, 0.25) is 0 Å².